The lowest BCUT2D eigenvalue weighted by Crippen LogP contribution is -2.46. The summed E-state index contributed by atoms with van der Waals surface area (Å²) >= 11 is 2.88. The molecule has 0 saturated carbocycles. The largest absolute Gasteiger partial charge is 0.417 e. The second-order valence-corrected chi connectivity index (χ2v) is 6.46. The van der Waals surface area contributed by atoms with Crippen molar-refractivity contribution in [3.05, 3.63) is 28.2 Å². The summed E-state index contributed by atoms with van der Waals surface area (Å²) in [6.45, 7) is 1.76. The number of likely N-dealkylation sites (tertiary alicyclic amines) is 1. The number of alkyl halides is 3. The Balaban J connectivity index is 1.98. The SMILES string of the molecule is CNC1CCCN(CC(=O)Nc2ccc(Br)c(C(F)(F)F)c2)C1. The number of halogens is 4. The molecular weight excluding hydrogens is 375 g/mol. The summed E-state index contributed by atoms with van der Waals surface area (Å²) in [5, 5.41) is 5.72. The maximum Gasteiger partial charge on any atom is 0.417 e. The molecule has 1 aromatic rings. The van der Waals surface area contributed by atoms with Crippen LogP contribution in [0.2, 0.25) is 0 Å². The van der Waals surface area contributed by atoms with Crippen molar-refractivity contribution in [3.63, 3.8) is 0 Å². The molecule has 0 bridgehead atoms. The molecule has 0 aromatic heterocycles. The van der Waals surface area contributed by atoms with Crippen LogP contribution in [0.3, 0.4) is 0 Å². The van der Waals surface area contributed by atoms with Crippen molar-refractivity contribution < 1.29 is 18.0 Å². The molecule has 0 radical (unpaired) electrons. The van der Waals surface area contributed by atoms with Gasteiger partial charge >= 0.3 is 6.18 Å². The first-order chi connectivity index (χ1) is 10.8. The molecule has 1 atom stereocenters. The van der Waals surface area contributed by atoms with Gasteiger partial charge in [0.15, 0.2) is 0 Å². The van der Waals surface area contributed by atoms with Crippen LogP contribution in [0.15, 0.2) is 22.7 Å². The number of rotatable bonds is 4. The van der Waals surface area contributed by atoms with Crippen LogP contribution in [-0.4, -0.2) is 43.5 Å². The van der Waals surface area contributed by atoms with E-state index in [2.05, 4.69) is 26.6 Å². The molecular formula is C15H19BrF3N3O. The van der Waals surface area contributed by atoms with Crippen LogP contribution in [0.1, 0.15) is 18.4 Å². The maximum absolute atomic E-state index is 12.9. The van der Waals surface area contributed by atoms with Crippen LogP contribution in [-0.2, 0) is 11.0 Å². The molecule has 0 aliphatic carbocycles. The van der Waals surface area contributed by atoms with E-state index in [-0.39, 0.29) is 22.6 Å². The molecule has 0 spiro atoms. The third-order valence-electron chi connectivity index (χ3n) is 3.84. The summed E-state index contributed by atoms with van der Waals surface area (Å²) < 4.78 is 38.5. The molecule has 1 heterocycles. The lowest BCUT2D eigenvalue weighted by atomic mass is 10.1. The van der Waals surface area contributed by atoms with Gasteiger partial charge in [0, 0.05) is 22.7 Å². The van der Waals surface area contributed by atoms with Crippen LogP contribution in [0.5, 0.6) is 0 Å². The lowest BCUT2D eigenvalue weighted by molar-refractivity contribution is -0.138. The quantitative estimate of drug-likeness (QED) is 0.825. The zero-order valence-corrected chi connectivity index (χ0v) is 14.3. The number of nitrogens with one attached hydrogen (secondary N) is 2. The highest BCUT2D eigenvalue weighted by atomic mass is 79.9. The van der Waals surface area contributed by atoms with Crippen LogP contribution in [0.25, 0.3) is 0 Å². The van der Waals surface area contributed by atoms with Gasteiger partial charge in [-0.2, -0.15) is 13.2 Å². The summed E-state index contributed by atoms with van der Waals surface area (Å²) in [4.78, 5) is 14.1. The summed E-state index contributed by atoms with van der Waals surface area (Å²) in [5.74, 6) is -0.308. The van der Waals surface area contributed by atoms with E-state index in [1.807, 2.05) is 11.9 Å². The highest BCUT2D eigenvalue weighted by Gasteiger charge is 2.33. The molecule has 1 unspecified atom stereocenters. The Hall–Kier alpha value is -1.12. The molecule has 128 valence electrons. The molecule has 1 aliphatic heterocycles. The average Bonchev–Trinajstić information content (AvgIpc) is 2.48. The molecule has 1 aliphatic rings. The summed E-state index contributed by atoms with van der Waals surface area (Å²) in [5.41, 5.74) is -0.656. The predicted octanol–water partition coefficient (Wildman–Crippen LogP) is 3.09. The van der Waals surface area contributed by atoms with E-state index in [1.54, 1.807) is 0 Å². The Morgan fingerprint density at radius 1 is 1.43 bits per heavy atom. The highest BCUT2D eigenvalue weighted by molar-refractivity contribution is 9.10. The monoisotopic (exact) mass is 393 g/mol. The van der Waals surface area contributed by atoms with Crippen LogP contribution in [0.4, 0.5) is 18.9 Å². The summed E-state index contributed by atoms with van der Waals surface area (Å²) in [6.07, 6.45) is -2.40. The smallest absolute Gasteiger partial charge is 0.325 e. The second-order valence-electron chi connectivity index (χ2n) is 5.60. The predicted molar refractivity (Wildman–Crippen MR) is 86.3 cm³/mol. The van der Waals surface area contributed by atoms with Crippen molar-refractivity contribution in [2.45, 2.75) is 25.1 Å². The molecule has 4 nitrogen and oxygen atoms in total. The maximum atomic E-state index is 12.9. The standard InChI is InChI=1S/C15H19BrF3N3O/c1-20-11-3-2-6-22(8-11)9-14(23)21-10-4-5-13(16)12(7-10)15(17,18)19/h4-5,7,11,20H,2-3,6,8-9H2,1H3,(H,21,23). The summed E-state index contributed by atoms with van der Waals surface area (Å²) in [6, 6.07) is 4.02. The van der Waals surface area contributed by atoms with E-state index in [9.17, 15) is 18.0 Å². The Kier molecular flexibility index (Phi) is 6.05. The van der Waals surface area contributed by atoms with Gasteiger partial charge in [-0.05, 0) is 44.6 Å². The third-order valence-corrected chi connectivity index (χ3v) is 4.53. The van der Waals surface area contributed by atoms with Crippen molar-refractivity contribution in [2.24, 2.45) is 0 Å². The number of nitrogens with zero attached hydrogens (tertiary/aromatic N) is 1. The first-order valence-corrected chi connectivity index (χ1v) is 8.15. The van der Waals surface area contributed by atoms with Gasteiger partial charge in [-0.15, -0.1) is 0 Å². The number of amides is 1. The minimum Gasteiger partial charge on any atom is -0.325 e. The molecule has 2 N–H and O–H groups in total. The van der Waals surface area contributed by atoms with Gasteiger partial charge in [0.1, 0.15) is 0 Å². The van der Waals surface area contributed by atoms with Crippen LogP contribution < -0.4 is 10.6 Å². The fourth-order valence-corrected chi connectivity index (χ4v) is 3.13. The van der Waals surface area contributed by atoms with Gasteiger partial charge in [0.2, 0.25) is 5.91 Å². The average molecular weight is 394 g/mol. The Labute approximate surface area is 141 Å². The Morgan fingerprint density at radius 3 is 2.83 bits per heavy atom. The number of anilines is 1. The van der Waals surface area contributed by atoms with E-state index in [0.717, 1.165) is 32.0 Å². The summed E-state index contributed by atoms with van der Waals surface area (Å²) in [7, 11) is 1.88. The number of piperidine rings is 1. The minimum absolute atomic E-state index is 0.0455. The molecule has 1 amide bonds. The lowest BCUT2D eigenvalue weighted by Gasteiger charge is -2.31. The van der Waals surface area contributed by atoms with Gasteiger partial charge in [-0.3, -0.25) is 9.69 Å². The van der Waals surface area contributed by atoms with Gasteiger partial charge in [-0.1, -0.05) is 15.9 Å². The normalized spacial score (nSPS) is 19.6. The van der Waals surface area contributed by atoms with E-state index in [4.69, 9.17) is 0 Å². The van der Waals surface area contributed by atoms with E-state index in [1.165, 1.54) is 12.1 Å². The first-order valence-electron chi connectivity index (χ1n) is 7.36. The van der Waals surface area contributed by atoms with Crippen molar-refractivity contribution in [1.29, 1.82) is 0 Å². The molecule has 1 fully saturated rings. The molecule has 1 saturated heterocycles. The molecule has 2 rings (SSSR count). The van der Waals surface area contributed by atoms with Crippen LogP contribution >= 0.6 is 15.9 Å². The molecule has 1 aromatic carbocycles. The van der Waals surface area contributed by atoms with Crippen molar-refractivity contribution >= 4 is 27.5 Å². The van der Waals surface area contributed by atoms with E-state index in [0.29, 0.717) is 6.04 Å². The first kappa shape index (κ1) is 18.2. The second kappa shape index (κ2) is 7.63. The zero-order valence-electron chi connectivity index (χ0n) is 12.7. The van der Waals surface area contributed by atoms with Crippen molar-refractivity contribution in [1.82, 2.24) is 10.2 Å². The van der Waals surface area contributed by atoms with Gasteiger partial charge in [0.05, 0.1) is 12.1 Å². The number of likely N-dealkylation sites (N-methyl/N-ethyl adjacent to an activating group) is 1. The Morgan fingerprint density at radius 2 is 2.17 bits per heavy atom. The highest BCUT2D eigenvalue weighted by Crippen LogP contribution is 2.36. The number of benzene rings is 1. The minimum atomic E-state index is -4.47. The molecule has 8 heteroatoms. The Bertz CT molecular complexity index is 565. The fourth-order valence-electron chi connectivity index (χ4n) is 2.66. The number of carbonyl (C=O) groups excluding carboxylic acids is 1. The van der Waals surface area contributed by atoms with E-state index < -0.39 is 11.7 Å². The van der Waals surface area contributed by atoms with Gasteiger partial charge in [-0.25, -0.2) is 0 Å². The zero-order chi connectivity index (χ0) is 17.0. The number of hydrogen-bond acceptors (Lipinski definition) is 3. The third kappa shape index (κ3) is 5.19. The van der Waals surface area contributed by atoms with E-state index >= 15 is 0 Å². The van der Waals surface area contributed by atoms with Crippen molar-refractivity contribution in [3.8, 4) is 0 Å². The topological polar surface area (TPSA) is 44.4 Å². The number of hydrogen-bond donors (Lipinski definition) is 2. The van der Waals surface area contributed by atoms with Crippen molar-refractivity contribution in [2.75, 3.05) is 32.0 Å². The number of carbonyl (C=O) groups is 1. The van der Waals surface area contributed by atoms with Gasteiger partial charge in [0.25, 0.3) is 0 Å². The fraction of sp³-hybridized carbons (Fsp3) is 0.533. The van der Waals surface area contributed by atoms with Gasteiger partial charge < -0.3 is 10.6 Å². The molecule has 23 heavy (non-hydrogen) atoms. The van der Waals surface area contributed by atoms with Crippen LogP contribution in [0, 0.1) is 0 Å².